The van der Waals surface area contributed by atoms with Gasteiger partial charge in [-0.1, -0.05) is 0 Å². The molecule has 1 aromatic carbocycles. The van der Waals surface area contributed by atoms with Gasteiger partial charge in [0.05, 0.1) is 0 Å². The lowest BCUT2D eigenvalue weighted by Crippen LogP contribution is -2.22. The summed E-state index contributed by atoms with van der Waals surface area (Å²) in [6.45, 7) is 7.82. The van der Waals surface area contributed by atoms with E-state index in [2.05, 4.69) is 24.0 Å². The van der Waals surface area contributed by atoms with Crippen molar-refractivity contribution in [1.29, 1.82) is 0 Å². The van der Waals surface area contributed by atoms with Crippen molar-refractivity contribution in [3.8, 4) is 11.5 Å². The first-order chi connectivity index (χ1) is 8.65. The third kappa shape index (κ3) is 2.30. The Bertz CT molecular complexity index is 532. The first kappa shape index (κ1) is 12.4. The predicted octanol–water partition coefficient (Wildman–Crippen LogP) is 2.47. The van der Waals surface area contributed by atoms with Gasteiger partial charge in [0.25, 0.3) is 11.8 Å². The second-order valence-corrected chi connectivity index (χ2v) is 4.15. The number of nitrogen functional groups attached to an aromatic ring is 1. The number of benzene rings is 1. The molecule has 0 aliphatic rings. The van der Waals surface area contributed by atoms with Gasteiger partial charge < -0.3 is 15.2 Å². The van der Waals surface area contributed by atoms with Gasteiger partial charge in [-0.25, -0.2) is 0 Å². The minimum atomic E-state index is 0.536. The molecule has 0 radical (unpaired) electrons. The van der Waals surface area contributed by atoms with Crippen LogP contribution in [0.15, 0.2) is 22.7 Å². The van der Waals surface area contributed by atoms with Crippen LogP contribution in [0.1, 0.15) is 19.4 Å². The number of nitrogens with zero attached hydrogens (tertiary/aromatic N) is 3. The molecule has 0 atom stereocenters. The van der Waals surface area contributed by atoms with Crippen molar-refractivity contribution in [3.05, 3.63) is 23.8 Å². The minimum Gasteiger partial charge on any atom is -0.399 e. The molecule has 0 unspecified atom stereocenters. The van der Waals surface area contributed by atoms with Crippen molar-refractivity contribution < 1.29 is 4.52 Å². The summed E-state index contributed by atoms with van der Waals surface area (Å²) in [4.78, 5) is 6.46. The van der Waals surface area contributed by atoms with Gasteiger partial charge in [-0.05, 0) is 49.7 Å². The lowest BCUT2D eigenvalue weighted by atomic mass is 10.1. The first-order valence-corrected chi connectivity index (χ1v) is 6.10. The van der Waals surface area contributed by atoms with Gasteiger partial charge in [-0.15, -0.1) is 0 Å². The molecule has 18 heavy (non-hydrogen) atoms. The summed E-state index contributed by atoms with van der Waals surface area (Å²) in [6.07, 6.45) is 0. The van der Waals surface area contributed by atoms with E-state index in [0.717, 1.165) is 29.9 Å². The number of aryl methyl sites for hydroxylation is 1. The van der Waals surface area contributed by atoms with E-state index in [9.17, 15) is 0 Å². The average Bonchev–Trinajstić information content (AvgIpc) is 2.80. The maximum Gasteiger partial charge on any atom is 0.266 e. The molecule has 0 bridgehead atoms. The minimum absolute atomic E-state index is 0.536. The normalized spacial score (nSPS) is 10.6. The van der Waals surface area contributed by atoms with E-state index in [0.29, 0.717) is 11.8 Å². The Morgan fingerprint density at radius 2 is 2.00 bits per heavy atom. The van der Waals surface area contributed by atoms with E-state index >= 15 is 0 Å². The highest BCUT2D eigenvalue weighted by atomic mass is 16.5. The van der Waals surface area contributed by atoms with Crippen LogP contribution in [-0.2, 0) is 0 Å². The fraction of sp³-hybridized carbons (Fsp3) is 0.385. The van der Waals surface area contributed by atoms with Crippen LogP contribution in [-0.4, -0.2) is 23.2 Å². The Morgan fingerprint density at radius 3 is 2.61 bits per heavy atom. The summed E-state index contributed by atoms with van der Waals surface area (Å²) in [5.41, 5.74) is 8.42. The number of aromatic nitrogens is 2. The molecule has 1 heterocycles. The number of anilines is 2. The second-order valence-electron chi connectivity index (χ2n) is 4.15. The highest BCUT2D eigenvalue weighted by Gasteiger charge is 2.14. The predicted molar refractivity (Wildman–Crippen MR) is 72.4 cm³/mol. The zero-order chi connectivity index (χ0) is 13.1. The molecule has 96 valence electrons. The van der Waals surface area contributed by atoms with Gasteiger partial charge in [0.15, 0.2) is 0 Å². The van der Waals surface area contributed by atoms with E-state index in [4.69, 9.17) is 10.3 Å². The van der Waals surface area contributed by atoms with Crippen molar-refractivity contribution in [2.24, 2.45) is 0 Å². The Balaban J connectivity index is 2.34. The van der Waals surface area contributed by atoms with Gasteiger partial charge in [0.1, 0.15) is 0 Å². The van der Waals surface area contributed by atoms with E-state index in [1.54, 1.807) is 0 Å². The third-order valence-electron chi connectivity index (χ3n) is 2.94. The van der Waals surface area contributed by atoms with Gasteiger partial charge in [-0.3, -0.25) is 0 Å². The first-order valence-electron chi connectivity index (χ1n) is 6.10. The molecular weight excluding hydrogens is 228 g/mol. The molecule has 5 heteroatoms. The Kier molecular flexibility index (Phi) is 3.50. The van der Waals surface area contributed by atoms with Crippen molar-refractivity contribution in [1.82, 2.24) is 10.1 Å². The van der Waals surface area contributed by atoms with Crippen LogP contribution in [0.2, 0.25) is 0 Å². The van der Waals surface area contributed by atoms with E-state index in [1.165, 1.54) is 0 Å². The quantitative estimate of drug-likeness (QED) is 0.839. The lowest BCUT2D eigenvalue weighted by molar-refractivity contribution is 0.429. The zero-order valence-electron chi connectivity index (χ0n) is 11.0. The molecule has 0 aliphatic carbocycles. The third-order valence-corrected chi connectivity index (χ3v) is 2.94. The van der Waals surface area contributed by atoms with Gasteiger partial charge >= 0.3 is 0 Å². The fourth-order valence-electron chi connectivity index (χ4n) is 1.89. The van der Waals surface area contributed by atoms with Gasteiger partial charge in [0.2, 0.25) is 0 Å². The topological polar surface area (TPSA) is 68.2 Å². The Hall–Kier alpha value is -2.04. The summed E-state index contributed by atoms with van der Waals surface area (Å²) in [6, 6.07) is 5.64. The van der Waals surface area contributed by atoms with Crippen LogP contribution < -0.4 is 10.6 Å². The van der Waals surface area contributed by atoms with Crippen LogP contribution in [0.3, 0.4) is 0 Å². The number of rotatable bonds is 4. The maximum atomic E-state index is 5.73. The van der Waals surface area contributed by atoms with Crippen molar-refractivity contribution in [2.45, 2.75) is 20.8 Å². The van der Waals surface area contributed by atoms with Gasteiger partial charge in [-0.2, -0.15) is 4.98 Å². The van der Waals surface area contributed by atoms with Crippen molar-refractivity contribution in [2.75, 3.05) is 23.7 Å². The molecule has 2 aromatic rings. The molecule has 5 nitrogen and oxygen atoms in total. The van der Waals surface area contributed by atoms with Crippen LogP contribution in [0, 0.1) is 6.92 Å². The van der Waals surface area contributed by atoms with E-state index < -0.39 is 0 Å². The Morgan fingerprint density at radius 1 is 1.28 bits per heavy atom. The summed E-state index contributed by atoms with van der Waals surface area (Å²) < 4.78 is 5.31. The molecular formula is C13H18N4O. The molecule has 0 saturated carbocycles. The maximum absolute atomic E-state index is 5.73. The highest BCUT2D eigenvalue weighted by molar-refractivity contribution is 5.63. The second kappa shape index (κ2) is 5.08. The van der Waals surface area contributed by atoms with Crippen LogP contribution in [0.4, 0.5) is 11.6 Å². The molecule has 1 aromatic heterocycles. The van der Waals surface area contributed by atoms with Gasteiger partial charge in [0, 0.05) is 24.3 Å². The van der Waals surface area contributed by atoms with Crippen LogP contribution >= 0.6 is 0 Å². The monoisotopic (exact) mass is 246 g/mol. The van der Waals surface area contributed by atoms with E-state index in [1.807, 2.05) is 30.0 Å². The zero-order valence-corrected chi connectivity index (χ0v) is 11.0. The SMILES string of the molecule is CCN(CC)c1noc(-c2ccc(N)cc2C)n1. The fourth-order valence-corrected chi connectivity index (χ4v) is 1.89. The van der Waals surface area contributed by atoms with E-state index in [-0.39, 0.29) is 0 Å². The number of nitrogens with two attached hydrogens (primary N) is 1. The van der Waals surface area contributed by atoms with Crippen molar-refractivity contribution in [3.63, 3.8) is 0 Å². The summed E-state index contributed by atoms with van der Waals surface area (Å²) in [7, 11) is 0. The summed E-state index contributed by atoms with van der Waals surface area (Å²) in [5.74, 6) is 1.17. The molecule has 0 spiro atoms. The summed E-state index contributed by atoms with van der Waals surface area (Å²) >= 11 is 0. The standard InChI is InChI=1S/C13H18N4O/c1-4-17(5-2)13-15-12(18-16-13)11-7-6-10(14)8-9(11)3/h6-8H,4-5,14H2,1-3H3. The molecule has 2 rings (SSSR count). The molecule has 2 N–H and O–H groups in total. The van der Waals surface area contributed by atoms with Crippen LogP contribution in [0.5, 0.6) is 0 Å². The van der Waals surface area contributed by atoms with Crippen LogP contribution in [0.25, 0.3) is 11.5 Å². The summed E-state index contributed by atoms with van der Waals surface area (Å²) in [5, 5.41) is 4.01. The Labute approximate surface area is 107 Å². The van der Waals surface area contributed by atoms with Crippen molar-refractivity contribution >= 4 is 11.6 Å². The molecule has 0 fully saturated rings. The smallest absolute Gasteiger partial charge is 0.266 e. The molecule has 0 saturated heterocycles. The molecule has 0 amide bonds. The highest BCUT2D eigenvalue weighted by Crippen LogP contribution is 2.25. The largest absolute Gasteiger partial charge is 0.399 e. The average molecular weight is 246 g/mol. The molecule has 0 aliphatic heterocycles. The lowest BCUT2D eigenvalue weighted by Gasteiger charge is -2.14. The number of hydrogen-bond donors (Lipinski definition) is 1. The number of hydrogen-bond acceptors (Lipinski definition) is 5.